The fourth-order valence-corrected chi connectivity index (χ4v) is 3.33. The maximum absolute atomic E-state index is 13.1. The van der Waals surface area contributed by atoms with E-state index in [2.05, 4.69) is 4.98 Å². The molecule has 6 heteroatoms. The largest absolute Gasteiger partial charge is 0.445 e. The summed E-state index contributed by atoms with van der Waals surface area (Å²) in [5.41, 5.74) is 1.05. The van der Waals surface area contributed by atoms with Gasteiger partial charge in [0.05, 0.1) is 5.56 Å². The number of aromatic nitrogens is 1. The number of hydrogen-bond acceptors (Lipinski definition) is 4. The lowest BCUT2D eigenvalue weighted by molar-refractivity contribution is 0.0282. The monoisotopic (exact) mass is 417 g/mol. The quantitative estimate of drug-likeness (QED) is 0.367. The minimum absolute atomic E-state index is 0.0918. The highest BCUT2D eigenvalue weighted by molar-refractivity contribution is 6.30. The average Bonchev–Trinajstić information content (AvgIpc) is 2.77. The first-order chi connectivity index (χ1) is 14.5. The molecule has 0 spiro atoms. The molecule has 0 amide bonds. The second-order valence-corrected chi connectivity index (χ2v) is 7.10. The van der Waals surface area contributed by atoms with Crippen LogP contribution in [0.3, 0.4) is 0 Å². The van der Waals surface area contributed by atoms with Crippen molar-refractivity contribution in [2.45, 2.75) is 6.10 Å². The number of para-hydroxylation sites is 1. The molecule has 0 bridgehead atoms. The second kappa shape index (κ2) is 8.35. The SMILES string of the molecule is O=C(OC(C(=O)c1ccccc1)c1ccc(Cl)cc1)c1cc(=O)[nH]c2ccccc12. The van der Waals surface area contributed by atoms with Crippen LogP contribution < -0.4 is 5.56 Å². The third kappa shape index (κ3) is 4.02. The number of carbonyl (C=O) groups is 2. The van der Waals surface area contributed by atoms with Crippen molar-refractivity contribution in [2.24, 2.45) is 0 Å². The number of Topliss-reactive ketones (excluding diaryl/α,β-unsaturated/α-hetero) is 1. The fourth-order valence-electron chi connectivity index (χ4n) is 3.21. The molecule has 5 nitrogen and oxygen atoms in total. The van der Waals surface area contributed by atoms with Crippen molar-refractivity contribution in [3.8, 4) is 0 Å². The highest BCUT2D eigenvalue weighted by atomic mass is 35.5. The van der Waals surface area contributed by atoms with Crippen LogP contribution >= 0.6 is 11.6 Å². The summed E-state index contributed by atoms with van der Waals surface area (Å²) >= 11 is 5.97. The molecule has 1 atom stereocenters. The van der Waals surface area contributed by atoms with E-state index in [0.29, 0.717) is 27.1 Å². The van der Waals surface area contributed by atoms with Crippen LogP contribution in [-0.2, 0) is 4.74 Å². The second-order valence-electron chi connectivity index (χ2n) is 6.66. The van der Waals surface area contributed by atoms with E-state index in [1.807, 2.05) is 0 Å². The van der Waals surface area contributed by atoms with Gasteiger partial charge in [0.1, 0.15) is 0 Å². The molecule has 4 aromatic rings. The number of aromatic amines is 1. The Kier molecular flexibility index (Phi) is 5.46. The molecule has 0 saturated carbocycles. The van der Waals surface area contributed by atoms with Crippen molar-refractivity contribution in [3.63, 3.8) is 0 Å². The summed E-state index contributed by atoms with van der Waals surface area (Å²) in [6.07, 6.45) is -1.18. The van der Waals surface area contributed by atoms with Gasteiger partial charge in [-0.1, -0.05) is 72.3 Å². The number of fused-ring (bicyclic) bond motifs is 1. The lowest BCUT2D eigenvalue weighted by Gasteiger charge is -2.18. The molecule has 0 aliphatic heterocycles. The van der Waals surface area contributed by atoms with Crippen molar-refractivity contribution in [3.05, 3.63) is 117 Å². The predicted octanol–water partition coefficient (Wildman–Crippen LogP) is 4.96. The molecule has 1 aromatic heterocycles. The van der Waals surface area contributed by atoms with E-state index >= 15 is 0 Å². The number of carbonyl (C=O) groups excluding carboxylic acids is 2. The molecule has 30 heavy (non-hydrogen) atoms. The van der Waals surface area contributed by atoms with E-state index in [-0.39, 0.29) is 11.3 Å². The molecule has 1 N–H and O–H groups in total. The van der Waals surface area contributed by atoms with Crippen LogP contribution in [0.15, 0.2) is 89.7 Å². The molecular formula is C24H16ClNO4. The highest BCUT2D eigenvalue weighted by Crippen LogP contribution is 2.26. The first-order valence-electron chi connectivity index (χ1n) is 9.21. The fraction of sp³-hybridized carbons (Fsp3) is 0.0417. The Hall–Kier alpha value is -3.70. The Bertz CT molecular complexity index is 1280. The lowest BCUT2D eigenvalue weighted by atomic mass is 9.99. The molecule has 0 radical (unpaired) electrons. The summed E-state index contributed by atoms with van der Waals surface area (Å²) in [5, 5.41) is 1.03. The third-order valence-electron chi connectivity index (χ3n) is 4.66. The van der Waals surface area contributed by atoms with Crippen molar-refractivity contribution < 1.29 is 14.3 Å². The number of benzene rings is 3. The first kappa shape index (κ1) is 19.6. The summed E-state index contributed by atoms with van der Waals surface area (Å²) in [6, 6.07) is 23.2. The van der Waals surface area contributed by atoms with Crippen molar-refractivity contribution >= 4 is 34.3 Å². The molecule has 0 aliphatic rings. The zero-order valence-corrected chi connectivity index (χ0v) is 16.4. The van der Waals surface area contributed by atoms with E-state index in [1.165, 1.54) is 6.07 Å². The van der Waals surface area contributed by atoms with Gasteiger partial charge in [-0.05, 0) is 18.2 Å². The van der Waals surface area contributed by atoms with Gasteiger partial charge in [0.15, 0.2) is 6.10 Å². The van der Waals surface area contributed by atoms with Crippen LogP contribution in [0.2, 0.25) is 5.02 Å². The van der Waals surface area contributed by atoms with E-state index in [4.69, 9.17) is 16.3 Å². The number of esters is 1. The summed E-state index contributed by atoms with van der Waals surface area (Å²) in [7, 11) is 0. The van der Waals surface area contributed by atoms with Crippen LogP contribution in [0.4, 0.5) is 0 Å². The van der Waals surface area contributed by atoms with E-state index < -0.39 is 17.6 Å². The van der Waals surface area contributed by atoms with Crippen molar-refractivity contribution in [1.29, 1.82) is 0 Å². The number of ether oxygens (including phenoxy) is 1. The number of hydrogen-bond donors (Lipinski definition) is 1. The number of rotatable bonds is 5. The van der Waals surface area contributed by atoms with Crippen molar-refractivity contribution in [1.82, 2.24) is 4.98 Å². The van der Waals surface area contributed by atoms with Crippen molar-refractivity contribution in [2.75, 3.05) is 0 Å². The Morgan fingerprint density at radius 3 is 2.27 bits per heavy atom. The summed E-state index contributed by atoms with van der Waals surface area (Å²) in [6.45, 7) is 0. The molecule has 148 valence electrons. The number of H-pyrrole nitrogens is 1. The predicted molar refractivity (Wildman–Crippen MR) is 115 cm³/mol. The molecule has 0 saturated heterocycles. The molecular weight excluding hydrogens is 402 g/mol. The molecule has 1 heterocycles. The Balaban J connectivity index is 1.75. The molecule has 3 aromatic carbocycles. The van der Waals surface area contributed by atoms with Crippen LogP contribution in [0.5, 0.6) is 0 Å². The molecule has 4 rings (SSSR count). The smallest absolute Gasteiger partial charge is 0.340 e. The van der Waals surface area contributed by atoms with Gasteiger partial charge in [0, 0.05) is 33.1 Å². The molecule has 0 aliphatic carbocycles. The minimum Gasteiger partial charge on any atom is -0.445 e. The van der Waals surface area contributed by atoms with Crippen LogP contribution in [-0.4, -0.2) is 16.7 Å². The number of ketones is 1. The maximum atomic E-state index is 13.1. The van der Waals surface area contributed by atoms with Crippen LogP contribution in [0, 0.1) is 0 Å². The van der Waals surface area contributed by atoms with Gasteiger partial charge < -0.3 is 9.72 Å². The topological polar surface area (TPSA) is 76.2 Å². The van der Waals surface area contributed by atoms with E-state index in [9.17, 15) is 14.4 Å². The van der Waals surface area contributed by atoms with Crippen LogP contribution in [0.25, 0.3) is 10.9 Å². The summed E-state index contributed by atoms with van der Waals surface area (Å²) in [4.78, 5) is 40.9. The maximum Gasteiger partial charge on any atom is 0.340 e. The summed E-state index contributed by atoms with van der Waals surface area (Å²) < 4.78 is 5.66. The van der Waals surface area contributed by atoms with E-state index in [0.717, 1.165) is 0 Å². The number of pyridine rings is 1. The zero-order valence-electron chi connectivity index (χ0n) is 15.7. The zero-order chi connectivity index (χ0) is 21.1. The van der Waals surface area contributed by atoms with Crippen LogP contribution in [0.1, 0.15) is 32.4 Å². The highest BCUT2D eigenvalue weighted by Gasteiger charge is 2.27. The first-order valence-corrected chi connectivity index (χ1v) is 9.58. The minimum atomic E-state index is -1.18. The van der Waals surface area contributed by atoms with Gasteiger partial charge >= 0.3 is 5.97 Å². The van der Waals surface area contributed by atoms with E-state index in [1.54, 1.807) is 78.9 Å². The number of halogens is 1. The van der Waals surface area contributed by atoms with Gasteiger partial charge in [-0.25, -0.2) is 4.79 Å². The Labute approximate surface area is 176 Å². The van der Waals surface area contributed by atoms with Gasteiger partial charge in [-0.3, -0.25) is 9.59 Å². The van der Waals surface area contributed by atoms with Gasteiger partial charge in [0.2, 0.25) is 11.3 Å². The van der Waals surface area contributed by atoms with Gasteiger partial charge in [-0.2, -0.15) is 0 Å². The standard InChI is InChI=1S/C24H16ClNO4/c25-17-12-10-16(11-13-17)23(22(28)15-6-2-1-3-7-15)30-24(29)19-14-21(27)26-20-9-5-4-8-18(19)20/h1-14,23H,(H,26,27). The van der Waals surface area contributed by atoms with Gasteiger partial charge in [0.25, 0.3) is 0 Å². The Morgan fingerprint density at radius 1 is 0.867 bits per heavy atom. The third-order valence-corrected chi connectivity index (χ3v) is 4.92. The number of nitrogens with one attached hydrogen (secondary N) is 1. The summed E-state index contributed by atoms with van der Waals surface area (Å²) in [5.74, 6) is -1.14. The van der Waals surface area contributed by atoms with Gasteiger partial charge in [-0.15, -0.1) is 0 Å². The Morgan fingerprint density at radius 2 is 1.53 bits per heavy atom. The average molecular weight is 418 g/mol. The lowest BCUT2D eigenvalue weighted by Crippen LogP contribution is -2.21. The molecule has 0 fully saturated rings. The normalized spacial score (nSPS) is 11.8. The molecule has 1 unspecified atom stereocenters.